The molecule has 0 aliphatic rings. The molecule has 1 amide bonds. The molecule has 0 spiro atoms. The molecule has 0 fully saturated rings. The lowest BCUT2D eigenvalue weighted by Crippen LogP contribution is -2.45. The molecular formula is C65H117NO3. The molecule has 69 heavy (non-hydrogen) atoms. The van der Waals surface area contributed by atoms with E-state index in [1.165, 1.54) is 205 Å². The third kappa shape index (κ3) is 56.4. The lowest BCUT2D eigenvalue weighted by Gasteiger charge is -2.22. The van der Waals surface area contributed by atoms with Crippen molar-refractivity contribution < 1.29 is 15.0 Å². The highest BCUT2D eigenvalue weighted by Crippen LogP contribution is 2.17. The molecule has 0 aliphatic carbocycles. The summed E-state index contributed by atoms with van der Waals surface area (Å²) in [6.07, 6.45) is 87.3. The Labute approximate surface area is 431 Å². The summed E-state index contributed by atoms with van der Waals surface area (Å²) in [5, 5.41) is 23.4. The van der Waals surface area contributed by atoms with Crippen molar-refractivity contribution in [3.8, 4) is 0 Å². The highest BCUT2D eigenvalue weighted by molar-refractivity contribution is 5.76. The van der Waals surface area contributed by atoms with Crippen LogP contribution in [-0.2, 0) is 4.79 Å². The van der Waals surface area contributed by atoms with Crippen LogP contribution in [-0.4, -0.2) is 34.9 Å². The zero-order valence-corrected chi connectivity index (χ0v) is 46.1. The standard InChI is InChI=1S/C65H117NO3/c1-3-5-7-9-11-13-15-17-19-21-23-25-26-27-28-29-30-31-32-33-34-35-36-37-38-39-40-41-43-45-47-49-51-53-55-57-59-61-65(69)66-63(62-67)64(68)60-58-56-54-52-50-48-46-44-42-24-22-20-18-16-14-12-10-8-6-4-2/h5,7,11,13,17,19,23,25,27-28,30-31,33-34,63-64,67-68H,3-4,6,8-10,12,14-16,18,20-22,24,26,29,32,35-62H2,1-2H3,(H,66,69)/b7-5-,13-11-,19-17-,25-23-,28-27-,31-30-,34-33-. The van der Waals surface area contributed by atoms with Crippen molar-refractivity contribution in [1.82, 2.24) is 5.32 Å². The molecule has 0 bridgehead atoms. The number of hydrogen-bond donors (Lipinski definition) is 3. The van der Waals surface area contributed by atoms with Crippen molar-refractivity contribution in [1.29, 1.82) is 0 Å². The SMILES string of the molecule is CC/C=C\C/C=C\C/C=C\C/C=C\C/C=C\C/C=C\C/C=C\CCCCCCCCCCCCCCCCCC(=O)NC(CO)C(O)CCCCCCCCCCCCCCCCCCCCCC. The number of rotatable bonds is 55. The van der Waals surface area contributed by atoms with Crippen LogP contribution < -0.4 is 5.32 Å². The van der Waals surface area contributed by atoms with Gasteiger partial charge in [0.25, 0.3) is 0 Å². The van der Waals surface area contributed by atoms with Crippen molar-refractivity contribution in [3.63, 3.8) is 0 Å². The van der Waals surface area contributed by atoms with E-state index in [9.17, 15) is 15.0 Å². The van der Waals surface area contributed by atoms with Gasteiger partial charge in [0, 0.05) is 6.42 Å². The average molecular weight is 961 g/mol. The number of aliphatic hydroxyl groups excluding tert-OH is 2. The Kier molecular flexibility index (Phi) is 57.8. The van der Waals surface area contributed by atoms with Crippen LogP contribution in [0.2, 0.25) is 0 Å². The summed E-state index contributed by atoms with van der Waals surface area (Å²) in [6, 6.07) is -0.540. The van der Waals surface area contributed by atoms with Gasteiger partial charge < -0.3 is 15.5 Å². The maximum Gasteiger partial charge on any atom is 0.220 e. The Morgan fingerprint density at radius 1 is 0.362 bits per heavy atom. The summed E-state index contributed by atoms with van der Waals surface area (Å²) >= 11 is 0. The summed E-state index contributed by atoms with van der Waals surface area (Å²) in [4.78, 5) is 12.5. The molecule has 0 rings (SSSR count). The van der Waals surface area contributed by atoms with E-state index < -0.39 is 12.1 Å². The zero-order valence-electron chi connectivity index (χ0n) is 46.1. The van der Waals surface area contributed by atoms with Crippen LogP contribution in [0.25, 0.3) is 0 Å². The number of amides is 1. The molecule has 2 atom stereocenters. The van der Waals surface area contributed by atoms with Gasteiger partial charge in [0.2, 0.25) is 5.91 Å². The highest BCUT2D eigenvalue weighted by atomic mass is 16.3. The van der Waals surface area contributed by atoms with Gasteiger partial charge in [0.05, 0.1) is 18.8 Å². The minimum absolute atomic E-state index is 0.0304. The highest BCUT2D eigenvalue weighted by Gasteiger charge is 2.20. The van der Waals surface area contributed by atoms with E-state index in [1.54, 1.807) is 0 Å². The number of carbonyl (C=O) groups is 1. The van der Waals surface area contributed by atoms with E-state index >= 15 is 0 Å². The number of allylic oxidation sites excluding steroid dienone is 14. The van der Waals surface area contributed by atoms with Gasteiger partial charge in [0.15, 0.2) is 0 Å². The average Bonchev–Trinajstić information content (AvgIpc) is 3.35. The normalized spacial score (nSPS) is 13.4. The summed E-state index contributed by atoms with van der Waals surface area (Å²) in [7, 11) is 0. The van der Waals surface area contributed by atoms with Crippen molar-refractivity contribution >= 4 is 5.91 Å². The van der Waals surface area contributed by atoms with Gasteiger partial charge in [0.1, 0.15) is 0 Å². The predicted molar refractivity (Wildman–Crippen MR) is 308 cm³/mol. The second kappa shape index (κ2) is 59.9. The molecule has 0 aromatic carbocycles. The predicted octanol–water partition coefficient (Wildman–Crippen LogP) is 20.3. The molecule has 0 aliphatic heterocycles. The minimum atomic E-state index is -0.663. The Morgan fingerprint density at radius 2 is 0.638 bits per heavy atom. The van der Waals surface area contributed by atoms with Gasteiger partial charge in [-0.3, -0.25) is 4.79 Å². The Bertz CT molecular complexity index is 1230. The fourth-order valence-electron chi connectivity index (χ4n) is 9.11. The first-order valence-electron chi connectivity index (χ1n) is 30.3. The van der Waals surface area contributed by atoms with Gasteiger partial charge in [-0.1, -0.05) is 311 Å². The molecular weight excluding hydrogens is 843 g/mol. The molecule has 0 radical (unpaired) electrons. The fraction of sp³-hybridized carbons (Fsp3) is 0.769. The summed E-state index contributed by atoms with van der Waals surface area (Å²) in [5.74, 6) is -0.0304. The first-order valence-corrected chi connectivity index (χ1v) is 30.3. The summed E-state index contributed by atoms with van der Waals surface area (Å²) < 4.78 is 0. The largest absolute Gasteiger partial charge is 0.394 e. The molecule has 0 saturated heterocycles. The maximum absolute atomic E-state index is 12.5. The Balaban J connectivity index is 3.48. The number of unbranched alkanes of at least 4 members (excludes halogenated alkanes) is 34. The number of carbonyl (C=O) groups excluding carboxylic acids is 1. The molecule has 4 nitrogen and oxygen atoms in total. The topological polar surface area (TPSA) is 69.6 Å². The fourth-order valence-corrected chi connectivity index (χ4v) is 9.11. The van der Waals surface area contributed by atoms with E-state index in [0.717, 1.165) is 70.6 Å². The lowest BCUT2D eigenvalue weighted by molar-refractivity contribution is -0.123. The first kappa shape index (κ1) is 66.6. The number of aliphatic hydroxyl groups is 2. The quantitative estimate of drug-likeness (QED) is 0.0420. The summed E-state index contributed by atoms with van der Waals surface area (Å²) in [6.45, 7) is 4.27. The van der Waals surface area contributed by atoms with Crippen LogP contribution in [0, 0.1) is 0 Å². The molecule has 0 aromatic rings. The summed E-state index contributed by atoms with van der Waals surface area (Å²) in [5.41, 5.74) is 0. The van der Waals surface area contributed by atoms with Crippen LogP contribution >= 0.6 is 0 Å². The van der Waals surface area contributed by atoms with Gasteiger partial charge >= 0.3 is 0 Å². The van der Waals surface area contributed by atoms with Crippen LogP contribution in [0.15, 0.2) is 85.1 Å². The number of nitrogens with one attached hydrogen (secondary N) is 1. The van der Waals surface area contributed by atoms with Crippen LogP contribution in [0.1, 0.15) is 303 Å². The first-order chi connectivity index (χ1) is 34.2. The smallest absolute Gasteiger partial charge is 0.220 e. The zero-order chi connectivity index (χ0) is 49.9. The lowest BCUT2D eigenvalue weighted by atomic mass is 10.0. The minimum Gasteiger partial charge on any atom is -0.394 e. The molecule has 400 valence electrons. The van der Waals surface area contributed by atoms with E-state index in [2.05, 4.69) is 104 Å². The third-order valence-electron chi connectivity index (χ3n) is 13.7. The monoisotopic (exact) mass is 960 g/mol. The Hall–Kier alpha value is -2.43. The van der Waals surface area contributed by atoms with Gasteiger partial charge in [-0.05, 0) is 70.6 Å². The van der Waals surface area contributed by atoms with E-state index in [4.69, 9.17) is 0 Å². The van der Waals surface area contributed by atoms with Gasteiger partial charge in [-0.25, -0.2) is 0 Å². The Morgan fingerprint density at radius 3 is 0.957 bits per heavy atom. The molecule has 0 heterocycles. The van der Waals surface area contributed by atoms with Crippen molar-refractivity contribution in [2.75, 3.05) is 6.61 Å². The molecule has 3 N–H and O–H groups in total. The van der Waals surface area contributed by atoms with Crippen LogP contribution in [0.3, 0.4) is 0 Å². The van der Waals surface area contributed by atoms with E-state index in [-0.39, 0.29) is 12.5 Å². The number of hydrogen-bond acceptors (Lipinski definition) is 3. The van der Waals surface area contributed by atoms with Gasteiger partial charge in [-0.15, -0.1) is 0 Å². The molecule has 0 aromatic heterocycles. The third-order valence-corrected chi connectivity index (χ3v) is 13.7. The van der Waals surface area contributed by atoms with E-state index in [0.29, 0.717) is 12.8 Å². The maximum atomic E-state index is 12.5. The van der Waals surface area contributed by atoms with Crippen molar-refractivity contribution in [2.24, 2.45) is 0 Å². The molecule has 0 saturated carbocycles. The molecule has 2 unspecified atom stereocenters. The van der Waals surface area contributed by atoms with Gasteiger partial charge in [-0.2, -0.15) is 0 Å². The molecule has 4 heteroatoms. The second-order valence-electron chi connectivity index (χ2n) is 20.4. The van der Waals surface area contributed by atoms with Crippen molar-refractivity contribution in [2.45, 2.75) is 315 Å². The van der Waals surface area contributed by atoms with Crippen LogP contribution in [0.4, 0.5) is 0 Å². The van der Waals surface area contributed by atoms with Crippen molar-refractivity contribution in [3.05, 3.63) is 85.1 Å². The van der Waals surface area contributed by atoms with Crippen LogP contribution in [0.5, 0.6) is 0 Å². The van der Waals surface area contributed by atoms with E-state index in [1.807, 2.05) is 0 Å². The second-order valence-corrected chi connectivity index (χ2v) is 20.4.